The average Bonchev–Trinajstić information content (AvgIpc) is 2.95. The Kier molecular flexibility index (Phi) is 3.58. The van der Waals surface area contributed by atoms with Crippen molar-refractivity contribution >= 4 is 17.3 Å². The molecule has 0 bridgehead atoms. The summed E-state index contributed by atoms with van der Waals surface area (Å²) in [7, 11) is 0. The fraction of sp³-hybridized carbons (Fsp3) is 0.571. The van der Waals surface area contributed by atoms with Gasteiger partial charge in [0.25, 0.3) is 0 Å². The topological polar surface area (TPSA) is 15.3 Å². The molecule has 0 radical (unpaired) electrons. The summed E-state index contributed by atoms with van der Waals surface area (Å²) >= 11 is 6.02. The average molecular weight is 305 g/mol. The highest BCUT2D eigenvalue weighted by atomic mass is 35.5. The summed E-state index contributed by atoms with van der Waals surface area (Å²) in [4.78, 5) is 2.40. The van der Waals surface area contributed by atoms with Gasteiger partial charge in [-0.05, 0) is 44.0 Å². The third kappa shape index (κ3) is 2.61. The van der Waals surface area contributed by atoms with E-state index in [0.717, 1.165) is 38.1 Å². The van der Waals surface area contributed by atoms with Gasteiger partial charge in [-0.3, -0.25) is 4.90 Å². The third-order valence-corrected chi connectivity index (χ3v) is 4.57. The third-order valence-electron chi connectivity index (χ3n) is 4.24. The number of alkyl halides is 3. The monoisotopic (exact) mass is 304 g/mol. The van der Waals surface area contributed by atoms with Crippen molar-refractivity contribution in [3.63, 3.8) is 0 Å². The number of fused-ring (bicyclic) bond motifs is 1. The molecule has 2 nitrogen and oxygen atoms in total. The molecule has 110 valence electrons. The summed E-state index contributed by atoms with van der Waals surface area (Å²) in [6, 6.07) is 4.07. The van der Waals surface area contributed by atoms with Crippen LogP contribution in [0.5, 0.6) is 0 Å². The van der Waals surface area contributed by atoms with E-state index in [1.807, 2.05) is 0 Å². The molecule has 6 heteroatoms. The summed E-state index contributed by atoms with van der Waals surface area (Å²) in [5.74, 6) is 0. The lowest BCUT2D eigenvalue weighted by molar-refractivity contribution is -0.137. The van der Waals surface area contributed by atoms with Crippen LogP contribution in [0.25, 0.3) is 0 Å². The number of benzene rings is 1. The summed E-state index contributed by atoms with van der Waals surface area (Å²) in [5.41, 5.74) is -0.272. The molecule has 1 aromatic rings. The van der Waals surface area contributed by atoms with Crippen molar-refractivity contribution < 1.29 is 13.2 Å². The minimum absolute atomic E-state index is 0.193. The van der Waals surface area contributed by atoms with Gasteiger partial charge in [-0.15, -0.1) is 0 Å². The van der Waals surface area contributed by atoms with E-state index in [0.29, 0.717) is 16.8 Å². The van der Waals surface area contributed by atoms with Crippen LogP contribution < -0.4 is 5.32 Å². The highest BCUT2D eigenvalue weighted by Crippen LogP contribution is 2.36. The van der Waals surface area contributed by atoms with Gasteiger partial charge in [0.1, 0.15) is 0 Å². The molecule has 3 rings (SSSR count). The van der Waals surface area contributed by atoms with Crippen LogP contribution in [-0.4, -0.2) is 30.1 Å². The molecule has 2 aliphatic rings. The number of hydrogen-bond donors (Lipinski definition) is 1. The quantitative estimate of drug-likeness (QED) is 0.888. The Labute approximate surface area is 120 Å². The number of rotatable bonds is 2. The fourth-order valence-electron chi connectivity index (χ4n) is 3.26. The van der Waals surface area contributed by atoms with E-state index in [4.69, 9.17) is 11.6 Å². The summed E-state index contributed by atoms with van der Waals surface area (Å²) in [6.45, 7) is 2.11. The first kappa shape index (κ1) is 14.0. The normalized spacial score (nSPS) is 26.8. The second-order valence-electron chi connectivity index (χ2n) is 5.48. The van der Waals surface area contributed by atoms with Crippen molar-refractivity contribution in [1.82, 2.24) is 4.90 Å². The van der Waals surface area contributed by atoms with E-state index >= 15 is 0 Å². The van der Waals surface area contributed by atoms with Crippen LogP contribution in [-0.2, 0) is 6.18 Å². The lowest BCUT2D eigenvalue weighted by atomic mass is 10.1. The highest BCUT2D eigenvalue weighted by Gasteiger charge is 2.37. The van der Waals surface area contributed by atoms with Crippen LogP contribution in [0.1, 0.15) is 24.8 Å². The molecule has 2 aliphatic heterocycles. The van der Waals surface area contributed by atoms with E-state index in [1.54, 1.807) is 0 Å². The second-order valence-corrected chi connectivity index (χ2v) is 5.88. The van der Waals surface area contributed by atoms with Crippen LogP contribution in [0.2, 0.25) is 5.02 Å². The molecule has 2 unspecified atom stereocenters. The highest BCUT2D eigenvalue weighted by molar-refractivity contribution is 6.33. The van der Waals surface area contributed by atoms with E-state index < -0.39 is 11.7 Å². The minimum atomic E-state index is -4.34. The molecule has 0 amide bonds. The lowest BCUT2D eigenvalue weighted by Gasteiger charge is -2.23. The Morgan fingerprint density at radius 1 is 1.20 bits per heavy atom. The number of nitrogens with zero attached hydrogens (tertiary/aromatic N) is 1. The van der Waals surface area contributed by atoms with Crippen molar-refractivity contribution in [2.45, 2.75) is 37.5 Å². The van der Waals surface area contributed by atoms with Crippen LogP contribution in [0.4, 0.5) is 18.9 Å². The molecule has 2 fully saturated rings. The molecule has 1 aromatic carbocycles. The van der Waals surface area contributed by atoms with Gasteiger partial charge in [0.15, 0.2) is 0 Å². The summed E-state index contributed by atoms with van der Waals surface area (Å²) in [5, 5.41) is 3.56. The maximum absolute atomic E-state index is 12.7. The van der Waals surface area contributed by atoms with Crippen LogP contribution >= 0.6 is 11.6 Å². The Morgan fingerprint density at radius 2 is 2.00 bits per heavy atom. The Balaban J connectivity index is 1.80. The summed E-state index contributed by atoms with van der Waals surface area (Å²) in [6.07, 6.45) is -1.11. The molecule has 2 heterocycles. The van der Waals surface area contributed by atoms with Gasteiger partial charge in [-0.2, -0.15) is 13.2 Å². The first-order chi connectivity index (χ1) is 9.45. The zero-order chi connectivity index (χ0) is 14.3. The van der Waals surface area contributed by atoms with Gasteiger partial charge in [0.05, 0.1) is 16.3 Å². The largest absolute Gasteiger partial charge is 0.416 e. The molecule has 0 saturated carbocycles. The van der Waals surface area contributed by atoms with Gasteiger partial charge < -0.3 is 5.32 Å². The SMILES string of the molecule is FC(F)(F)c1ccc(Cl)c(NC2CCN3CCCC23)c1. The van der Waals surface area contributed by atoms with Crippen molar-refractivity contribution in [2.24, 2.45) is 0 Å². The Hall–Kier alpha value is -0.940. The van der Waals surface area contributed by atoms with Gasteiger partial charge >= 0.3 is 6.18 Å². The van der Waals surface area contributed by atoms with Crippen LogP contribution in [0, 0.1) is 0 Å². The number of halogens is 4. The molecule has 20 heavy (non-hydrogen) atoms. The van der Waals surface area contributed by atoms with Crippen molar-refractivity contribution in [1.29, 1.82) is 0 Å². The number of nitrogens with one attached hydrogen (secondary N) is 1. The first-order valence-electron chi connectivity index (χ1n) is 6.82. The van der Waals surface area contributed by atoms with Crippen LogP contribution in [0.3, 0.4) is 0 Å². The van der Waals surface area contributed by atoms with E-state index in [9.17, 15) is 13.2 Å². The van der Waals surface area contributed by atoms with E-state index in [1.165, 1.54) is 12.5 Å². The Bertz CT molecular complexity index is 504. The number of hydrogen-bond acceptors (Lipinski definition) is 2. The van der Waals surface area contributed by atoms with Gasteiger partial charge in [0, 0.05) is 18.6 Å². The Morgan fingerprint density at radius 3 is 2.75 bits per heavy atom. The zero-order valence-corrected chi connectivity index (χ0v) is 11.6. The molecular formula is C14H16ClF3N2. The lowest BCUT2D eigenvalue weighted by Crippen LogP contribution is -2.33. The zero-order valence-electron chi connectivity index (χ0n) is 10.9. The fourth-order valence-corrected chi connectivity index (χ4v) is 3.43. The molecular weight excluding hydrogens is 289 g/mol. The summed E-state index contributed by atoms with van der Waals surface area (Å²) < 4.78 is 38.2. The molecule has 2 saturated heterocycles. The van der Waals surface area contributed by atoms with Gasteiger partial charge in [0.2, 0.25) is 0 Å². The first-order valence-corrected chi connectivity index (χ1v) is 7.20. The second kappa shape index (κ2) is 5.11. The molecule has 1 N–H and O–H groups in total. The van der Waals surface area contributed by atoms with Gasteiger partial charge in [-0.1, -0.05) is 11.6 Å². The van der Waals surface area contributed by atoms with Crippen molar-refractivity contribution in [2.75, 3.05) is 18.4 Å². The predicted molar refractivity (Wildman–Crippen MR) is 73.1 cm³/mol. The smallest absolute Gasteiger partial charge is 0.379 e. The van der Waals surface area contributed by atoms with E-state index in [2.05, 4.69) is 10.2 Å². The van der Waals surface area contributed by atoms with E-state index in [-0.39, 0.29) is 6.04 Å². The molecule has 2 atom stereocenters. The van der Waals surface area contributed by atoms with Crippen molar-refractivity contribution in [3.05, 3.63) is 28.8 Å². The van der Waals surface area contributed by atoms with Crippen molar-refractivity contribution in [3.8, 4) is 0 Å². The number of anilines is 1. The predicted octanol–water partition coefficient (Wildman–Crippen LogP) is 4.01. The maximum atomic E-state index is 12.7. The molecule has 0 aromatic heterocycles. The van der Waals surface area contributed by atoms with Gasteiger partial charge in [-0.25, -0.2) is 0 Å². The maximum Gasteiger partial charge on any atom is 0.416 e. The minimum Gasteiger partial charge on any atom is -0.379 e. The standard InChI is InChI=1S/C14H16ClF3N2/c15-10-4-3-9(14(16,17)18)8-12(10)19-11-5-7-20-6-1-2-13(11)20/h3-4,8,11,13,19H,1-2,5-7H2. The molecule has 0 aliphatic carbocycles. The molecule has 0 spiro atoms. The van der Waals surface area contributed by atoms with Crippen LogP contribution in [0.15, 0.2) is 18.2 Å².